The molecule has 0 spiro atoms. The van der Waals surface area contributed by atoms with Gasteiger partial charge in [0.2, 0.25) is 0 Å². The van der Waals surface area contributed by atoms with E-state index in [1.54, 1.807) is 12.4 Å². The Labute approximate surface area is 96.9 Å². The molecule has 2 rings (SSSR count). The summed E-state index contributed by atoms with van der Waals surface area (Å²) in [5, 5.41) is 10.0. The number of aliphatic hydroxyl groups is 1. The highest BCUT2D eigenvalue weighted by atomic mass is 16.3. The van der Waals surface area contributed by atoms with Crippen molar-refractivity contribution in [1.82, 2.24) is 9.97 Å². The van der Waals surface area contributed by atoms with Crippen LogP contribution in [0.2, 0.25) is 0 Å². The lowest BCUT2D eigenvalue weighted by atomic mass is 9.85. The van der Waals surface area contributed by atoms with Gasteiger partial charge in [0.05, 0.1) is 0 Å². The van der Waals surface area contributed by atoms with Crippen LogP contribution < -0.4 is 0 Å². The van der Waals surface area contributed by atoms with Gasteiger partial charge in [0.15, 0.2) is 5.82 Å². The summed E-state index contributed by atoms with van der Waals surface area (Å²) in [6.45, 7) is 1.96. The van der Waals surface area contributed by atoms with Crippen molar-refractivity contribution in [2.24, 2.45) is 5.92 Å². The number of hydrogen-bond acceptors (Lipinski definition) is 3. The van der Waals surface area contributed by atoms with Crippen molar-refractivity contribution in [2.45, 2.75) is 51.6 Å². The molecule has 1 N–H and O–H groups in total. The molecular formula is C13H20N2O. The molecule has 0 bridgehead atoms. The summed E-state index contributed by atoms with van der Waals surface area (Å²) < 4.78 is 0. The first kappa shape index (κ1) is 11.5. The molecule has 1 aromatic rings. The van der Waals surface area contributed by atoms with Gasteiger partial charge in [-0.3, -0.25) is 0 Å². The minimum Gasteiger partial charge on any atom is -0.385 e. The largest absolute Gasteiger partial charge is 0.385 e. The molecule has 1 saturated carbocycles. The van der Waals surface area contributed by atoms with Gasteiger partial charge in [-0.05, 0) is 24.8 Å². The molecule has 88 valence electrons. The third kappa shape index (κ3) is 3.01. The number of aryl methyl sites for hydroxylation is 1. The first-order valence-electron chi connectivity index (χ1n) is 6.22. The second-order valence-electron chi connectivity index (χ2n) is 4.87. The molecule has 1 atom stereocenters. The Morgan fingerprint density at radius 1 is 1.25 bits per heavy atom. The second kappa shape index (κ2) is 5.39. The minimum atomic E-state index is -0.483. The lowest BCUT2D eigenvalue weighted by Gasteiger charge is -2.23. The molecule has 1 aliphatic carbocycles. The Morgan fingerprint density at radius 3 is 2.50 bits per heavy atom. The zero-order valence-electron chi connectivity index (χ0n) is 9.89. The van der Waals surface area contributed by atoms with Gasteiger partial charge < -0.3 is 5.11 Å². The van der Waals surface area contributed by atoms with Crippen LogP contribution in [0.4, 0.5) is 0 Å². The normalized spacial score (nSPS) is 19.6. The minimum absolute atomic E-state index is 0.483. The maximum Gasteiger partial charge on any atom is 0.156 e. The summed E-state index contributed by atoms with van der Waals surface area (Å²) in [4.78, 5) is 8.37. The fraction of sp³-hybridized carbons (Fsp3) is 0.692. The van der Waals surface area contributed by atoms with E-state index in [-0.39, 0.29) is 0 Å². The molecule has 0 aromatic carbocycles. The standard InChI is InChI=1S/C13H20N2O/c1-10-8-14-13(15-9-10)12(16)7-11-5-3-2-4-6-11/h8-9,11-12,16H,2-7H2,1H3. The number of rotatable bonds is 3. The van der Waals surface area contributed by atoms with Crippen molar-refractivity contribution >= 4 is 0 Å². The highest BCUT2D eigenvalue weighted by molar-refractivity contribution is 5.03. The number of aromatic nitrogens is 2. The molecule has 1 fully saturated rings. The van der Waals surface area contributed by atoms with Crippen molar-refractivity contribution in [3.63, 3.8) is 0 Å². The first-order valence-corrected chi connectivity index (χ1v) is 6.22. The molecule has 3 heteroatoms. The number of hydrogen-bond donors (Lipinski definition) is 1. The number of nitrogens with zero attached hydrogens (tertiary/aromatic N) is 2. The lowest BCUT2D eigenvalue weighted by Crippen LogP contribution is -2.13. The van der Waals surface area contributed by atoms with E-state index in [0.717, 1.165) is 12.0 Å². The van der Waals surface area contributed by atoms with Crippen molar-refractivity contribution < 1.29 is 5.11 Å². The maximum absolute atomic E-state index is 10.0. The third-order valence-electron chi connectivity index (χ3n) is 3.38. The monoisotopic (exact) mass is 220 g/mol. The topological polar surface area (TPSA) is 46.0 Å². The van der Waals surface area contributed by atoms with E-state index in [2.05, 4.69) is 9.97 Å². The van der Waals surface area contributed by atoms with E-state index < -0.39 is 6.10 Å². The fourth-order valence-corrected chi connectivity index (χ4v) is 2.42. The Kier molecular flexibility index (Phi) is 3.88. The van der Waals surface area contributed by atoms with Crippen LogP contribution >= 0.6 is 0 Å². The Morgan fingerprint density at radius 2 is 1.88 bits per heavy atom. The summed E-state index contributed by atoms with van der Waals surface area (Å²) >= 11 is 0. The second-order valence-corrected chi connectivity index (χ2v) is 4.87. The molecular weight excluding hydrogens is 200 g/mol. The van der Waals surface area contributed by atoms with Crippen molar-refractivity contribution in [3.8, 4) is 0 Å². The molecule has 16 heavy (non-hydrogen) atoms. The van der Waals surface area contributed by atoms with Crippen LogP contribution in [-0.2, 0) is 0 Å². The quantitative estimate of drug-likeness (QED) is 0.852. The predicted molar refractivity (Wildman–Crippen MR) is 62.9 cm³/mol. The van der Waals surface area contributed by atoms with Gasteiger partial charge in [0.1, 0.15) is 6.10 Å². The highest BCUT2D eigenvalue weighted by Gasteiger charge is 2.19. The fourth-order valence-electron chi connectivity index (χ4n) is 2.42. The van der Waals surface area contributed by atoms with Gasteiger partial charge in [0, 0.05) is 12.4 Å². The molecule has 1 heterocycles. The summed E-state index contributed by atoms with van der Waals surface area (Å²) in [6, 6.07) is 0. The molecule has 0 amide bonds. The van der Waals surface area contributed by atoms with E-state index in [0.29, 0.717) is 11.7 Å². The third-order valence-corrected chi connectivity index (χ3v) is 3.38. The van der Waals surface area contributed by atoms with Crippen LogP contribution in [0, 0.1) is 12.8 Å². The summed E-state index contributed by atoms with van der Waals surface area (Å²) in [5.41, 5.74) is 1.04. The van der Waals surface area contributed by atoms with E-state index >= 15 is 0 Å². The Bertz CT molecular complexity index is 317. The van der Waals surface area contributed by atoms with Gasteiger partial charge in [-0.1, -0.05) is 32.1 Å². The predicted octanol–water partition coefficient (Wildman–Crippen LogP) is 2.79. The summed E-state index contributed by atoms with van der Waals surface area (Å²) in [7, 11) is 0. The van der Waals surface area contributed by atoms with E-state index in [4.69, 9.17) is 0 Å². The van der Waals surface area contributed by atoms with Crippen LogP contribution in [0.25, 0.3) is 0 Å². The van der Waals surface area contributed by atoms with Gasteiger partial charge in [0.25, 0.3) is 0 Å². The molecule has 3 nitrogen and oxygen atoms in total. The molecule has 1 aromatic heterocycles. The lowest BCUT2D eigenvalue weighted by molar-refractivity contribution is 0.123. The van der Waals surface area contributed by atoms with Gasteiger partial charge in [-0.25, -0.2) is 9.97 Å². The average molecular weight is 220 g/mol. The molecule has 1 unspecified atom stereocenters. The average Bonchev–Trinajstić information content (AvgIpc) is 2.31. The Hall–Kier alpha value is -0.960. The zero-order chi connectivity index (χ0) is 11.4. The zero-order valence-corrected chi connectivity index (χ0v) is 9.89. The van der Waals surface area contributed by atoms with Crippen LogP contribution in [0.1, 0.15) is 56.0 Å². The van der Waals surface area contributed by atoms with E-state index in [1.165, 1.54) is 32.1 Å². The number of aliphatic hydroxyl groups excluding tert-OH is 1. The van der Waals surface area contributed by atoms with Crippen LogP contribution in [0.5, 0.6) is 0 Å². The summed E-state index contributed by atoms with van der Waals surface area (Å²) in [5.74, 6) is 1.24. The SMILES string of the molecule is Cc1cnc(C(O)CC2CCCCC2)nc1. The van der Waals surface area contributed by atoms with E-state index in [1.807, 2.05) is 6.92 Å². The van der Waals surface area contributed by atoms with E-state index in [9.17, 15) is 5.11 Å². The highest BCUT2D eigenvalue weighted by Crippen LogP contribution is 2.30. The van der Waals surface area contributed by atoms with Gasteiger partial charge >= 0.3 is 0 Å². The smallest absolute Gasteiger partial charge is 0.156 e. The van der Waals surface area contributed by atoms with Crippen molar-refractivity contribution in [3.05, 3.63) is 23.8 Å². The molecule has 0 saturated heterocycles. The van der Waals surface area contributed by atoms with Gasteiger partial charge in [-0.2, -0.15) is 0 Å². The molecule has 0 radical (unpaired) electrons. The molecule has 0 aliphatic heterocycles. The first-order chi connectivity index (χ1) is 7.75. The van der Waals surface area contributed by atoms with Crippen LogP contribution in [0.15, 0.2) is 12.4 Å². The maximum atomic E-state index is 10.0. The summed E-state index contributed by atoms with van der Waals surface area (Å²) in [6.07, 6.45) is 10.4. The van der Waals surface area contributed by atoms with Crippen molar-refractivity contribution in [1.29, 1.82) is 0 Å². The van der Waals surface area contributed by atoms with Crippen molar-refractivity contribution in [2.75, 3.05) is 0 Å². The molecule has 1 aliphatic rings. The van der Waals surface area contributed by atoms with Crippen LogP contribution in [0.3, 0.4) is 0 Å². The van der Waals surface area contributed by atoms with Gasteiger partial charge in [-0.15, -0.1) is 0 Å². The van der Waals surface area contributed by atoms with Crippen LogP contribution in [-0.4, -0.2) is 15.1 Å². The Balaban J connectivity index is 1.91.